The number of hydrogen-bond acceptors (Lipinski definition) is 5. The Morgan fingerprint density at radius 1 is 1.50 bits per heavy atom. The van der Waals surface area contributed by atoms with Crippen LogP contribution in [0.5, 0.6) is 0 Å². The zero-order chi connectivity index (χ0) is 13.0. The average Bonchev–Trinajstić information content (AvgIpc) is 2.14. The van der Waals surface area contributed by atoms with Crippen molar-refractivity contribution in [2.24, 2.45) is 0 Å². The predicted molar refractivity (Wildman–Crippen MR) is 45.3 cm³/mol. The minimum absolute atomic E-state index is 0.651. The van der Waals surface area contributed by atoms with E-state index in [4.69, 9.17) is 6.42 Å². The van der Waals surface area contributed by atoms with Crippen molar-refractivity contribution in [1.29, 1.82) is 0 Å². The normalized spacial score (nSPS) is 13.9. The summed E-state index contributed by atoms with van der Waals surface area (Å²) in [7, 11) is -5.01. The maximum absolute atomic E-state index is 11.9. The Morgan fingerprint density at radius 3 is 2.31 bits per heavy atom. The van der Waals surface area contributed by atoms with E-state index in [-0.39, 0.29) is 0 Å². The van der Waals surface area contributed by atoms with Gasteiger partial charge in [0, 0.05) is 6.42 Å². The molecule has 0 heterocycles. The molecule has 0 spiro atoms. The molecule has 92 valence electrons. The number of esters is 1. The third kappa shape index (κ3) is 3.71. The largest absolute Gasteiger partial charge is 0.523 e. The first-order valence-corrected chi connectivity index (χ1v) is 5.07. The van der Waals surface area contributed by atoms with Crippen LogP contribution in [0.15, 0.2) is 0 Å². The van der Waals surface area contributed by atoms with E-state index >= 15 is 0 Å². The third-order valence-corrected chi connectivity index (χ3v) is 2.35. The fourth-order valence-electron chi connectivity index (χ4n) is 0.603. The summed E-state index contributed by atoms with van der Waals surface area (Å²) in [4.78, 5) is 10.8. The minimum Gasteiger partial charge on any atom is -0.467 e. The highest BCUT2D eigenvalue weighted by atomic mass is 32.2. The first kappa shape index (κ1) is 14.7. The molecule has 0 aromatic carbocycles. The molecule has 1 atom stereocenters. The van der Waals surface area contributed by atoms with Gasteiger partial charge in [-0.1, -0.05) is 0 Å². The summed E-state index contributed by atoms with van der Waals surface area (Å²) in [5, 5.41) is 0. The summed E-state index contributed by atoms with van der Waals surface area (Å²) in [5.74, 6) is 0.499. The summed E-state index contributed by atoms with van der Waals surface area (Å²) in [6, 6.07) is 0. The molecule has 0 amide bonds. The lowest BCUT2D eigenvalue weighted by molar-refractivity contribution is -0.149. The number of alkyl halides is 3. The van der Waals surface area contributed by atoms with Gasteiger partial charge >= 0.3 is 21.6 Å². The molecule has 0 saturated carbocycles. The van der Waals surface area contributed by atoms with Crippen molar-refractivity contribution in [1.82, 2.24) is 0 Å². The van der Waals surface area contributed by atoms with Crippen LogP contribution < -0.4 is 0 Å². The standard InChI is InChI=1S/C7H7F3O5S/c1-3-4-5(6(11)14-2)15-16(12,13)7(8,9)10/h1,5H,4H2,2H3/t5-/m1/s1. The number of ether oxygens (including phenoxy) is 1. The van der Waals surface area contributed by atoms with Gasteiger partial charge in [0.15, 0.2) is 6.10 Å². The van der Waals surface area contributed by atoms with Gasteiger partial charge in [0.25, 0.3) is 0 Å². The summed E-state index contributed by atoms with van der Waals surface area (Å²) in [6.45, 7) is 0. The van der Waals surface area contributed by atoms with Crippen molar-refractivity contribution in [3.8, 4) is 12.3 Å². The van der Waals surface area contributed by atoms with E-state index in [0.29, 0.717) is 0 Å². The van der Waals surface area contributed by atoms with E-state index in [1.165, 1.54) is 0 Å². The van der Waals surface area contributed by atoms with Crippen LogP contribution in [0.2, 0.25) is 0 Å². The number of carbonyl (C=O) groups is 1. The van der Waals surface area contributed by atoms with Crippen molar-refractivity contribution in [2.45, 2.75) is 18.0 Å². The van der Waals surface area contributed by atoms with Crippen molar-refractivity contribution in [3.05, 3.63) is 0 Å². The second-order valence-corrected chi connectivity index (χ2v) is 3.98. The molecule has 0 radical (unpaired) electrons. The Kier molecular flexibility index (Phi) is 4.77. The van der Waals surface area contributed by atoms with Gasteiger partial charge in [-0.2, -0.15) is 21.6 Å². The number of terminal acetylenes is 1. The van der Waals surface area contributed by atoms with E-state index in [0.717, 1.165) is 7.11 Å². The van der Waals surface area contributed by atoms with Crippen LogP contribution in [0, 0.1) is 12.3 Å². The summed E-state index contributed by atoms with van der Waals surface area (Å²) in [5.41, 5.74) is -5.62. The Hall–Kier alpha value is -1.27. The first-order valence-electron chi connectivity index (χ1n) is 3.66. The molecule has 0 N–H and O–H groups in total. The molecule has 16 heavy (non-hydrogen) atoms. The van der Waals surface area contributed by atoms with Gasteiger partial charge in [-0.25, -0.2) is 8.98 Å². The maximum atomic E-state index is 11.9. The van der Waals surface area contributed by atoms with Crippen LogP contribution in [0.25, 0.3) is 0 Å². The monoisotopic (exact) mass is 260 g/mol. The van der Waals surface area contributed by atoms with Crippen molar-refractivity contribution in [3.63, 3.8) is 0 Å². The van der Waals surface area contributed by atoms with Crippen LogP contribution in [-0.2, 0) is 23.8 Å². The summed E-state index contributed by atoms with van der Waals surface area (Å²) < 4.78 is 64.4. The van der Waals surface area contributed by atoms with Gasteiger partial charge in [0.2, 0.25) is 0 Å². The average molecular weight is 260 g/mol. The van der Waals surface area contributed by atoms with E-state index in [2.05, 4.69) is 8.92 Å². The predicted octanol–water partition coefficient (Wildman–Crippen LogP) is 0.417. The number of rotatable bonds is 4. The van der Waals surface area contributed by atoms with Crippen molar-refractivity contribution < 1.29 is 35.3 Å². The Balaban J connectivity index is 4.92. The maximum Gasteiger partial charge on any atom is 0.523 e. The molecule has 9 heteroatoms. The molecule has 0 bridgehead atoms. The van der Waals surface area contributed by atoms with Gasteiger partial charge in [-0.15, -0.1) is 12.3 Å². The summed E-state index contributed by atoms with van der Waals surface area (Å²) in [6.07, 6.45) is 2.09. The molecular formula is C7H7F3O5S. The lowest BCUT2D eigenvalue weighted by atomic mass is 10.3. The Bertz CT molecular complexity index is 391. The molecule has 0 fully saturated rings. The number of methoxy groups -OCH3 is 1. The zero-order valence-electron chi connectivity index (χ0n) is 7.95. The van der Waals surface area contributed by atoms with Crippen molar-refractivity contribution in [2.75, 3.05) is 7.11 Å². The molecular weight excluding hydrogens is 253 g/mol. The highest BCUT2D eigenvalue weighted by Crippen LogP contribution is 2.26. The molecule has 0 saturated heterocycles. The number of carbonyl (C=O) groups excluding carboxylic acids is 1. The van der Waals surface area contributed by atoms with E-state index in [9.17, 15) is 26.4 Å². The van der Waals surface area contributed by atoms with Gasteiger partial charge in [0.1, 0.15) is 0 Å². The molecule has 0 aliphatic rings. The fourth-order valence-corrected chi connectivity index (χ4v) is 1.16. The lowest BCUT2D eigenvalue weighted by Crippen LogP contribution is -2.34. The highest BCUT2D eigenvalue weighted by Gasteiger charge is 2.49. The first-order chi connectivity index (χ1) is 7.15. The zero-order valence-corrected chi connectivity index (χ0v) is 8.76. The minimum atomic E-state index is -5.87. The lowest BCUT2D eigenvalue weighted by Gasteiger charge is -2.14. The smallest absolute Gasteiger partial charge is 0.467 e. The van der Waals surface area contributed by atoms with Crippen LogP contribution in [0.3, 0.4) is 0 Å². The van der Waals surface area contributed by atoms with Crippen LogP contribution in [0.4, 0.5) is 13.2 Å². The van der Waals surface area contributed by atoms with Gasteiger partial charge in [-0.05, 0) is 0 Å². The summed E-state index contributed by atoms with van der Waals surface area (Å²) >= 11 is 0. The Labute approximate surface area is 89.6 Å². The molecule has 5 nitrogen and oxygen atoms in total. The van der Waals surface area contributed by atoms with Crippen LogP contribution in [0.1, 0.15) is 6.42 Å². The quantitative estimate of drug-likeness (QED) is 0.317. The molecule has 0 aromatic heterocycles. The molecule has 0 aromatic rings. The van der Waals surface area contributed by atoms with Crippen LogP contribution in [-0.4, -0.2) is 33.1 Å². The molecule has 0 unspecified atom stereocenters. The van der Waals surface area contributed by atoms with E-state index in [1.807, 2.05) is 0 Å². The molecule has 0 rings (SSSR count). The molecule has 0 aliphatic heterocycles. The fraction of sp³-hybridized carbons (Fsp3) is 0.571. The highest BCUT2D eigenvalue weighted by molar-refractivity contribution is 7.87. The van der Waals surface area contributed by atoms with Gasteiger partial charge in [0.05, 0.1) is 7.11 Å². The SMILES string of the molecule is C#CC[C@@H](OS(=O)(=O)C(F)(F)F)C(=O)OC. The second kappa shape index (κ2) is 5.18. The third-order valence-electron chi connectivity index (χ3n) is 1.29. The van der Waals surface area contributed by atoms with Gasteiger partial charge < -0.3 is 4.74 Å². The number of hydrogen-bond donors (Lipinski definition) is 0. The van der Waals surface area contributed by atoms with Gasteiger partial charge in [-0.3, -0.25) is 0 Å². The second-order valence-electron chi connectivity index (χ2n) is 2.42. The Morgan fingerprint density at radius 2 is 2.00 bits per heavy atom. The van der Waals surface area contributed by atoms with Crippen LogP contribution >= 0.6 is 0 Å². The number of halogens is 3. The molecule has 0 aliphatic carbocycles. The van der Waals surface area contributed by atoms with Crippen molar-refractivity contribution >= 4 is 16.1 Å². The van der Waals surface area contributed by atoms with E-state index < -0.39 is 34.1 Å². The van der Waals surface area contributed by atoms with E-state index in [1.54, 1.807) is 5.92 Å². The topological polar surface area (TPSA) is 69.7 Å².